The summed E-state index contributed by atoms with van der Waals surface area (Å²) in [6, 6.07) is 0. The van der Waals surface area contributed by atoms with Gasteiger partial charge in [-0.25, -0.2) is 4.79 Å². The van der Waals surface area contributed by atoms with Crippen molar-refractivity contribution in [2.24, 2.45) is 11.3 Å². The predicted octanol–water partition coefficient (Wildman–Crippen LogP) is 4.19. The third-order valence-corrected chi connectivity index (χ3v) is 5.31. The Morgan fingerprint density at radius 2 is 1.78 bits per heavy atom. The van der Waals surface area contributed by atoms with E-state index in [9.17, 15) is 4.79 Å². The molecular weight excluding hydrogens is 288 g/mol. The van der Waals surface area contributed by atoms with Gasteiger partial charge in [-0.2, -0.15) is 0 Å². The van der Waals surface area contributed by atoms with Crippen molar-refractivity contribution in [2.45, 2.75) is 78.2 Å². The average Bonchev–Trinajstić information content (AvgIpc) is 2.47. The minimum absolute atomic E-state index is 0.154. The van der Waals surface area contributed by atoms with Crippen molar-refractivity contribution in [2.75, 3.05) is 26.2 Å². The van der Waals surface area contributed by atoms with Crippen LogP contribution in [0.2, 0.25) is 0 Å². The highest BCUT2D eigenvalue weighted by molar-refractivity contribution is 5.68. The molecule has 0 atom stereocenters. The summed E-state index contributed by atoms with van der Waals surface area (Å²) in [5.74, 6) is 0.695. The predicted molar refractivity (Wildman–Crippen MR) is 94.6 cm³/mol. The third kappa shape index (κ3) is 6.33. The van der Waals surface area contributed by atoms with Crippen molar-refractivity contribution < 1.29 is 9.53 Å². The fourth-order valence-corrected chi connectivity index (χ4v) is 3.81. The first-order valence-corrected chi connectivity index (χ1v) is 9.46. The van der Waals surface area contributed by atoms with Gasteiger partial charge < -0.3 is 15.0 Å². The maximum atomic E-state index is 12.1. The molecule has 0 spiro atoms. The number of nitrogens with one attached hydrogen (secondary N) is 1. The standard InChI is InChI=1S/C19H36N2O2/c1-18(2,3)23-17(22)21-12-8-16(9-13-21)14-20-15-19(4)10-6-5-7-11-19/h16,20H,5-15H2,1-4H3. The van der Waals surface area contributed by atoms with Crippen molar-refractivity contribution >= 4 is 6.09 Å². The molecule has 4 nitrogen and oxygen atoms in total. The monoisotopic (exact) mass is 324 g/mol. The maximum absolute atomic E-state index is 12.1. The second kappa shape index (κ2) is 7.87. The van der Waals surface area contributed by atoms with E-state index < -0.39 is 5.60 Å². The number of ether oxygens (including phenoxy) is 1. The number of nitrogens with zero attached hydrogens (tertiary/aromatic N) is 1. The van der Waals surface area contributed by atoms with E-state index in [-0.39, 0.29) is 6.09 Å². The van der Waals surface area contributed by atoms with Gasteiger partial charge in [0.15, 0.2) is 0 Å². The summed E-state index contributed by atoms with van der Waals surface area (Å²) >= 11 is 0. The van der Waals surface area contributed by atoms with Crippen molar-refractivity contribution in [3.05, 3.63) is 0 Å². The topological polar surface area (TPSA) is 41.6 Å². The second-order valence-corrected chi connectivity index (χ2v) is 8.91. The van der Waals surface area contributed by atoms with Gasteiger partial charge in [-0.3, -0.25) is 0 Å². The molecule has 1 aliphatic heterocycles. The quantitative estimate of drug-likeness (QED) is 0.843. The van der Waals surface area contributed by atoms with Crippen LogP contribution in [0, 0.1) is 11.3 Å². The van der Waals surface area contributed by atoms with Gasteiger partial charge in [0, 0.05) is 19.6 Å². The molecule has 1 aliphatic carbocycles. The average molecular weight is 325 g/mol. The summed E-state index contributed by atoms with van der Waals surface area (Å²) < 4.78 is 5.46. The van der Waals surface area contributed by atoms with Gasteiger partial charge in [-0.15, -0.1) is 0 Å². The van der Waals surface area contributed by atoms with Crippen molar-refractivity contribution in [3.63, 3.8) is 0 Å². The first-order chi connectivity index (χ1) is 10.8. The lowest BCUT2D eigenvalue weighted by Gasteiger charge is -2.36. The molecule has 2 fully saturated rings. The smallest absolute Gasteiger partial charge is 0.410 e. The Kier molecular flexibility index (Phi) is 6.35. The molecular formula is C19H36N2O2. The fraction of sp³-hybridized carbons (Fsp3) is 0.947. The first kappa shape index (κ1) is 18.6. The van der Waals surface area contributed by atoms with Gasteiger partial charge in [0.1, 0.15) is 5.60 Å². The summed E-state index contributed by atoms with van der Waals surface area (Å²) in [5.41, 5.74) is 0.112. The second-order valence-electron chi connectivity index (χ2n) is 8.91. The van der Waals surface area contributed by atoms with Crippen LogP contribution in [0.4, 0.5) is 4.79 Å². The summed E-state index contributed by atoms with van der Waals surface area (Å²) in [6.07, 6.45) is 8.97. The number of piperidine rings is 1. The number of hydrogen-bond acceptors (Lipinski definition) is 3. The van der Waals surface area contributed by atoms with E-state index in [1.54, 1.807) is 0 Å². The van der Waals surface area contributed by atoms with E-state index in [1.165, 1.54) is 32.1 Å². The molecule has 134 valence electrons. The number of carbonyl (C=O) groups is 1. The largest absolute Gasteiger partial charge is 0.444 e. The molecule has 4 heteroatoms. The lowest BCUT2D eigenvalue weighted by Crippen LogP contribution is -2.44. The van der Waals surface area contributed by atoms with E-state index in [0.717, 1.165) is 39.0 Å². The molecule has 23 heavy (non-hydrogen) atoms. The van der Waals surface area contributed by atoms with Gasteiger partial charge in [0.25, 0.3) is 0 Å². The Hall–Kier alpha value is -0.770. The molecule has 0 radical (unpaired) electrons. The minimum Gasteiger partial charge on any atom is -0.444 e. The summed E-state index contributed by atoms with van der Waals surface area (Å²) in [5, 5.41) is 3.71. The van der Waals surface area contributed by atoms with Crippen LogP contribution in [0.15, 0.2) is 0 Å². The normalized spacial score (nSPS) is 22.9. The molecule has 1 heterocycles. The van der Waals surface area contributed by atoms with E-state index in [1.807, 2.05) is 25.7 Å². The van der Waals surface area contributed by atoms with Crippen LogP contribution in [0.1, 0.15) is 72.6 Å². The third-order valence-electron chi connectivity index (χ3n) is 5.31. The Bertz CT molecular complexity index is 375. The number of amides is 1. The van der Waals surface area contributed by atoms with Crippen molar-refractivity contribution in [3.8, 4) is 0 Å². The van der Waals surface area contributed by atoms with Crippen LogP contribution in [0.3, 0.4) is 0 Å². The molecule has 0 aromatic heterocycles. The summed E-state index contributed by atoms with van der Waals surface area (Å²) in [6.45, 7) is 12.1. The number of hydrogen-bond donors (Lipinski definition) is 1. The minimum atomic E-state index is -0.398. The highest BCUT2D eigenvalue weighted by atomic mass is 16.6. The molecule has 1 N–H and O–H groups in total. The van der Waals surface area contributed by atoms with E-state index in [2.05, 4.69) is 12.2 Å². The molecule has 0 bridgehead atoms. The highest BCUT2D eigenvalue weighted by Gasteiger charge is 2.28. The van der Waals surface area contributed by atoms with Gasteiger partial charge in [0.2, 0.25) is 0 Å². The number of rotatable bonds is 4. The molecule has 2 aliphatic rings. The summed E-state index contributed by atoms with van der Waals surface area (Å²) in [4.78, 5) is 13.9. The lowest BCUT2D eigenvalue weighted by molar-refractivity contribution is 0.0183. The molecule has 0 aromatic carbocycles. The van der Waals surface area contributed by atoms with Crippen molar-refractivity contribution in [1.82, 2.24) is 10.2 Å². The Labute approximate surface area is 142 Å². The Balaban J connectivity index is 1.64. The number of carbonyl (C=O) groups excluding carboxylic acids is 1. The van der Waals surface area contributed by atoms with Gasteiger partial charge >= 0.3 is 6.09 Å². The zero-order valence-electron chi connectivity index (χ0n) is 15.6. The van der Waals surface area contributed by atoms with Crippen molar-refractivity contribution in [1.29, 1.82) is 0 Å². The highest BCUT2D eigenvalue weighted by Crippen LogP contribution is 2.35. The van der Waals surface area contributed by atoms with Crippen LogP contribution in [0.25, 0.3) is 0 Å². The van der Waals surface area contributed by atoms with Crippen LogP contribution in [0.5, 0.6) is 0 Å². The van der Waals surface area contributed by atoms with Crippen LogP contribution in [-0.4, -0.2) is 42.8 Å². The van der Waals surface area contributed by atoms with Crippen LogP contribution >= 0.6 is 0 Å². The number of likely N-dealkylation sites (tertiary alicyclic amines) is 1. The fourth-order valence-electron chi connectivity index (χ4n) is 3.81. The zero-order valence-corrected chi connectivity index (χ0v) is 15.6. The molecule has 0 unspecified atom stereocenters. The van der Waals surface area contributed by atoms with Gasteiger partial charge in [-0.05, 0) is 64.3 Å². The Morgan fingerprint density at radius 3 is 2.35 bits per heavy atom. The van der Waals surface area contributed by atoms with E-state index >= 15 is 0 Å². The van der Waals surface area contributed by atoms with E-state index in [4.69, 9.17) is 4.74 Å². The summed E-state index contributed by atoms with van der Waals surface area (Å²) in [7, 11) is 0. The molecule has 1 amide bonds. The SMILES string of the molecule is CC1(CNCC2CCN(C(=O)OC(C)(C)C)CC2)CCCCC1. The van der Waals surface area contributed by atoms with Crippen LogP contribution < -0.4 is 5.32 Å². The Morgan fingerprint density at radius 1 is 1.17 bits per heavy atom. The molecule has 1 saturated heterocycles. The van der Waals surface area contributed by atoms with Gasteiger partial charge in [0.05, 0.1) is 0 Å². The first-order valence-electron chi connectivity index (χ1n) is 9.46. The maximum Gasteiger partial charge on any atom is 0.410 e. The van der Waals surface area contributed by atoms with Gasteiger partial charge in [-0.1, -0.05) is 26.2 Å². The van der Waals surface area contributed by atoms with E-state index in [0.29, 0.717) is 11.3 Å². The molecule has 0 aromatic rings. The molecule has 2 rings (SSSR count). The zero-order chi connectivity index (χ0) is 16.9. The lowest BCUT2D eigenvalue weighted by atomic mass is 9.75. The molecule has 1 saturated carbocycles. The van der Waals surface area contributed by atoms with Crippen LogP contribution in [-0.2, 0) is 4.74 Å².